The Morgan fingerprint density at radius 1 is 0.750 bits per heavy atom. The zero-order valence-corrected chi connectivity index (χ0v) is 19.1. The van der Waals surface area contributed by atoms with Gasteiger partial charge in [0.05, 0.1) is 34.2 Å². The number of benzene rings is 5. The van der Waals surface area contributed by atoms with Crippen LogP contribution in [0, 0.1) is 17.9 Å². The van der Waals surface area contributed by atoms with E-state index in [0.29, 0.717) is 11.3 Å². The Morgan fingerprint density at radius 2 is 1.50 bits per heavy atom. The van der Waals surface area contributed by atoms with E-state index in [1.54, 1.807) is 6.07 Å². The molecule has 4 nitrogen and oxygen atoms in total. The van der Waals surface area contributed by atoms with Crippen LogP contribution < -0.4 is 0 Å². The van der Waals surface area contributed by atoms with E-state index in [4.69, 9.17) is 11.0 Å². The first-order valence-corrected chi connectivity index (χ1v) is 11.6. The molecule has 166 valence electrons. The van der Waals surface area contributed by atoms with Gasteiger partial charge in [0.2, 0.25) is 0 Å². The summed E-state index contributed by atoms with van der Waals surface area (Å²) >= 11 is 0. The fourth-order valence-electron chi connectivity index (χ4n) is 5.32. The van der Waals surface area contributed by atoms with E-state index in [2.05, 4.69) is 45.8 Å². The van der Waals surface area contributed by atoms with Gasteiger partial charge in [0.1, 0.15) is 17.2 Å². The number of hydrogen-bond acceptors (Lipinski definition) is 2. The van der Waals surface area contributed by atoms with E-state index in [1.807, 2.05) is 66.7 Å². The lowest BCUT2D eigenvalue weighted by Crippen LogP contribution is -2.01. The molecule has 4 heteroatoms. The van der Waals surface area contributed by atoms with Crippen molar-refractivity contribution in [2.75, 3.05) is 0 Å². The molecule has 36 heavy (non-hydrogen) atoms. The highest BCUT2D eigenvalue weighted by Crippen LogP contribution is 2.43. The fraction of sp³-hybridized carbons (Fsp3) is 0. The van der Waals surface area contributed by atoms with Gasteiger partial charge in [-0.3, -0.25) is 0 Å². The molecular weight excluding hydrogens is 442 g/mol. The first kappa shape index (κ1) is 20.1. The Bertz CT molecular complexity index is 2060. The Morgan fingerprint density at radius 3 is 2.31 bits per heavy atom. The number of hydrogen-bond donors (Lipinski definition) is 0. The van der Waals surface area contributed by atoms with E-state index < -0.39 is 0 Å². The summed E-state index contributed by atoms with van der Waals surface area (Å²) in [6, 6.07) is 36.3. The molecule has 0 amide bonds. The molecule has 0 saturated carbocycles. The standard InChI is InChI=1S/C32H17N3O/c1-34-22-17-21(19-33)31(26(18-22)20-9-3-2-4-10-20)35-27-13-7-5-12-25(27)30-28(35)16-15-24-23-11-6-8-14-29(23)36-32(24)30/h2-18H. The van der Waals surface area contributed by atoms with Crippen molar-refractivity contribution in [2.24, 2.45) is 0 Å². The number of furan rings is 1. The minimum atomic E-state index is 0.439. The van der Waals surface area contributed by atoms with Crippen LogP contribution in [0.4, 0.5) is 5.69 Å². The molecule has 2 heterocycles. The molecule has 0 atom stereocenters. The quantitative estimate of drug-likeness (QED) is 0.243. The van der Waals surface area contributed by atoms with Crippen molar-refractivity contribution in [1.82, 2.24) is 4.57 Å². The van der Waals surface area contributed by atoms with Gasteiger partial charge < -0.3 is 8.98 Å². The highest BCUT2D eigenvalue weighted by atomic mass is 16.3. The largest absolute Gasteiger partial charge is 0.455 e. The predicted molar refractivity (Wildman–Crippen MR) is 144 cm³/mol. The van der Waals surface area contributed by atoms with Gasteiger partial charge in [0.15, 0.2) is 5.69 Å². The maximum Gasteiger partial charge on any atom is 0.189 e. The normalized spacial score (nSPS) is 11.3. The number of aromatic nitrogens is 1. The van der Waals surface area contributed by atoms with Crippen molar-refractivity contribution in [1.29, 1.82) is 5.26 Å². The van der Waals surface area contributed by atoms with E-state index >= 15 is 0 Å². The second-order valence-corrected chi connectivity index (χ2v) is 8.77. The number of fused-ring (bicyclic) bond motifs is 7. The molecule has 0 bridgehead atoms. The number of rotatable bonds is 2. The van der Waals surface area contributed by atoms with Gasteiger partial charge in [0.25, 0.3) is 0 Å². The minimum absolute atomic E-state index is 0.439. The smallest absolute Gasteiger partial charge is 0.189 e. The van der Waals surface area contributed by atoms with Crippen LogP contribution in [-0.2, 0) is 0 Å². The third kappa shape index (κ3) is 2.73. The Kier molecular flexibility index (Phi) is 4.24. The zero-order valence-electron chi connectivity index (χ0n) is 19.1. The topological polar surface area (TPSA) is 46.2 Å². The molecule has 0 aliphatic rings. The third-order valence-corrected chi connectivity index (χ3v) is 6.83. The van der Waals surface area contributed by atoms with Crippen LogP contribution in [0.25, 0.3) is 65.4 Å². The second-order valence-electron chi connectivity index (χ2n) is 8.77. The van der Waals surface area contributed by atoms with E-state index in [9.17, 15) is 5.26 Å². The molecule has 0 fully saturated rings. The molecular formula is C32H17N3O. The average Bonchev–Trinajstić information content (AvgIpc) is 3.48. The molecule has 0 saturated heterocycles. The molecule has 7 rings (SSSR count). The average molecular weight is 460 g/mol. The van der Waals surface area contributed by atoms with Crippen LogP contribution in [-0.4, -0.2) is 4.57 Å². The van der Waals surface area contributed by atoms with Gasteiger partial charge >= 0.3 is 0 Å². The molecule has 0 N–H and O–H groups in total. The molecule has 0 spiro atoms. The van der Waals surface area contributed by atoms with Crippen molar-refractivity contribution in [3.8, 4) is 22.9 Å². The maximum atomic E-state index is 10.2. The van der Waals surface area contributed by atoms with Gasteiger partial charge in [-0.15, -0.1) is 0 Å². The van der Waals surface area contributed by atoms with Crippen molar-refractivity contribution >= 4 is 49.4 Å². The van der Waals surface area contributed by atoms with Crippen LogP contribution >= 0.6 is 0 Å². The van der Waals surface area contributed by atoms with Gasteiger partial charge in [-0.25, -0.2) is 4.85 Å². The molecule has 5 aromatic carbocycles. The summed E-state index contributed by atoms with van der Waals surface area (Å²) in [7, 11) is 0. The Hall–Kier alpha value is -5.32. The molecule has 0 aliphatic carbocycles. The molecule has 2 aromatic heterocycles. The second kappa shape index (κ2) is 7.60. The zero-order chi connectivity index (χ0) is 24.2. The van der Waals surface area contributed by atoms with E-state index in [0.717, 1.165) is 60.6 Å². The monoisotopic (exact) mass is 459 g/mol. The summed E-state index contributed by atoms with van der Waals surface area (Å²) in [5.74, 6) is 0. The van der Waals surface area contributed by atoms with Crippen LogP contribution in [0.1, 0.15) is 5.56 Å². The molecule has 0 aliphatic heterocycles. The van der Waals surface area contributed by atoms with Crippen molar-refractivity contribution in [2.45, 2.75) is 0 Å². The highest BCUT2D eigenvalue weighted by molar-refractivity contribution is 6.24. The first-order valence-electron chi connectivity index (χ1n) is 11.6. The van der Waals surface area contributed by atoms with Gasteiger partial charge in [-0.05, 0) is 47.5 Å². The summed E-state index contributed by atoms with van der Waals surface area (Å²) in [6.45, 7) is 7.62. The molecule has 0 unspecified atom stereocenters. The number of para-hydroxylation sites is 2. The van der Waals surface area contributed by atoms with Crippen LogP contribution in [0.3, 0.4) is 0 Å². The lowest BCUT2D eigenvalue weighted by atomic mass is 9.98. The predicted octanol–water partition coefficient (Wildman–Crippen LogP) is 8.77. The fourth-order valence-corrected chi connectivity index (χ4v) is 5.32. The SMILES string of the molecule is [C-]#[N+]c1cc(C#N)c(-n2c3ccccc3c3c4oc5ccccc5c4ccc32)c(-c2ccccc2)c1. The number of nitriles is 1. The summed E-state index contributed by atoms with van der Waals surface area (Å²) in [5, 5.41) is 14.4. The Labute approximate surface area is 206 Å². The Balaban J connectivity index is 1.70. The summed E-state index contributed by atoms with van der Waals surface area (Å²) < 4.78 is 8.56. The molecule has 7 aromatic rings. The van der Waals surface area contributed by atoms with Gasteiger partial charge in [-0.1, -0.05) is 66.7 Å². The molecule has 0 radical (unpaired) electrons. The van der Waals surface area contributed by atoms with Crippen molar-refractivity contribution in [3.63, 3.8) is 0 Å². The maximum absolute atomic E-state index is 10.2. The number of nitrogens with zero attached hydrogens (tertiary/aromatic N) is 3. The van der Waals surface area contributed by atoms with Crippen molar-refractivity contribution < 1.29 is 4.42 Å². The van der Waals surface area contributed by atoms with Crippen LogP contribution in [0.15, 0.2) is 108 Å². The van der Waals surface area contributed by atoms with E-state index in [1.165, 1.54) is 0 Å². The summed E-state index contributed by atoms with van der Waals surface area (Å²) in [6.07, 6.45) is 0. The van der Waals surface area contributed by atoms with Gasteiger partial charge in [0, 0.05) is 16.2 Å². The van der Waals surface area contributed by atoms with Crippen molar-refractivity contribution in [3.05, 3.63) is 120 Å². The van der Waals surface area contributed by atoms with E-state index in [-0.39, 0.29) is 0 Å². The first-order chi connectivity index (χ1) is 17.8. The summed E-state index contributed by atoms with van der Waals surface area (Å²) in [5.41, 5.74) is 7.05. The van der Waals surface area contributed by atoms with Crippen LogP contribution in [0.5, 0.6) is 0 Å². The summed E-state index contributed by atoms with van der Waals surface area (Å²) in [4.78, 5) is 3.65. The highest BCUT2D eigenvalue weighted by Gasteiger charge is 2.22. The third-order valence-electron chi connectivity index (χ3n) is 6.83. The van der Waals surface area contributed by atoms with Crippen LogP contribution in [0.2, 0.25) is 0 Å². The minimum Gasteiger partial charge on any atom is -0.455 e. The lowest BCUT2D eigenvalue weighted by Gasteiger charge is -2.16. The van der Waals surface area contributed by atoms with Gasteiger partial charge in [-0.2, -0.15) is 5.26 Å². The lowest BCUT2D eigenvalue weighted by molar-refractivity contribution is 0.673.